The van der Waals surface area contributed by atoms with Crippen LogP contribution in [-0.4, -0.2) is 35.8 Å². The molecule has 0 radical (unpaired) electrons. The minimum atomic E-state index is -0.862. The summed E-state index contributed by atoms with van der Waals surface area (Å²) in [5, 5.41) is 0. The van der Waals surface area contributed by atoms with E-state index in [0.29, 0.717) is 30.2 Å². The summed E-state index contributed by atoms with van der Waals surface area (Å²) in [6, 6.07) is 10.9. The first kappa shape index (κ1) is 27.0. The SMILES string of the molecule is CCCCCCCCCCCC(=O)OC(C)OC(=O)N(CC)C1C2CCC3CC32C1c1ccccc1. The number of hydrogen-bond donors (Lipinski definition) is 0. The summed E-state index contributed by atoms with van der Waals surface area (Å²) in [6.45, 7) is 6.52. The van der Waals surface area contributed by atoms with Gasteiger partial charge >= 0.3 is 12.1 Å². The zero-order valence-corrected chi connectivity index (χ0v) is 22.8. The van der Waals surface area contributed by atoms with Crippen LogP contribution in [0.5, 0.6) is 0 Å². The monoisotopic (exact) mass is 497 g/mol. The molecule has 3 saturated carbocycles. The molecule has 1 aromatic carbocycles. The summed E-state index contributed by atoms with van der Waals surface area (Å²) in [6.07, 6.45) is 13.8. The summed E-state index contributed by atoms with van der Waals surface area (Å²) in [4.78, 5) is 27.4. The molecule has 3 aliphatic rings. The number of ether oxygens (including phenoxy) is 2. The molecule has 3 aliphatic carbocycles. The van der Waals surface area contributed by atoms with Gasteiger partial charge in [0.25, 0.3) is 0 Å². The average molecular weight is 498 g/mol. The number of benzene rings is 1. The van der Waals surface area contributed by atoms with Gasteiger partial charge in [-0.25, -0.2) is 4.79 Å². The lowest BCUT2D eigenvalue weighted by atomic mass is 9.55. The van der Waals surface area contributed by atoms with Crippen LogP contribution in [0.25, 0.3) is 0 Å². The molecule has 0 bridgehead atoms. The van der Waals surface area contributed by atoms with E-state index in [-0.39, 0.29) is 18.1 Å². The van der Waals surface area contributed by atoms with Gasteiger partial charge in [0.15, 0.2) is 0 Å². The lowest BCUT2D eigenvalue weighted by Gasteiger charge is -2.56. The standard InChI is InChI=1S/C31H47NO4/c1-4-6-7-8-9-10-11-12-16-19-27(33)35-23(3)36-30(34)32(5-2)29-26-21-20-25-22-31(25,26)28(29)24-17-14-13-15-18-24/h13-15,17-18,23,25-26,28-29H,4-12,16,19-22H2,1-3H3. The smallest absolute Gasteiger partial charge is 0.413 e. The lowest BCUT2D eigenvalue weighted by molar-refractivity contribution is -0.167. The molecule has 4 rings (SSSR count). The molecule has 1 aromatic rings. The van der Waals surface area contributed by atoms with Crippen LogP contribution in [0.2, 0.25) is 0 Å². The second kappa shape index (κ2) is 12.5. The highest BCUT2D eigenvalue weighted by Gasteiger charge is 2.77. The van der Waals surface area contributed by atoms with E-state index >= 15 is 0 Å². The Labute approximate surface area is 218 Å². The van der Waals surface area contributed by atoms with E-state index in [1.165, 1.54) is 69.8 Å². The van der Waals surface area contributed by atoms with Crippen LogP contribution in [0.15, 0.2) is 30.3 Å². The first-order valence-electron chi connectivity index (χ1n) is 14.7. The second-order valence-corrected chi connectivity index (χ2v) is 11.4. The van der Waals surface area contributed by atoms with Gasteiger partial charge < -0.3 is 14.4 Å². The molecule has 0 N–H and O–H groups in total. The number of carbonyl (C=O) groups excluding carboxylic acids is 2. The first-order chi connectivity index (χ1) is 17.5. The number of amides is 1. The van der Waals surface area contributed by atoms with E-state index < -0.39 is 6.29 Å². The molecule has 3 fully saturated rings. The normalized spacial score (nSPS) is 28.4. The summed E-state index contributed by atoms with van der Waals surface area (Å²) in [5.41, 5.74) is 1.74. The fourth-order valence-electron chi connectivity index (χ4n) is 7.46. The maximum Gasteiger partial charge on any atom is 0.413 e. The van der Waals surface area contributed by atoms with Gasteiger partial charge in [-0.2, -0.15) is 0 Å². The van der Waals surface area contributed by atoms with Gasteiger partial charge in [-0.1, -0.05) is 88.6 Å². The van der Waals surface area contributed by atoms with Gasteiger partial charge in [-0.05, 0) is 55.4 Å². The van der Waals surface area contributed by atoms with Crippen molar-refractivity contribution in [2.45, 2.75) is 122 Å². The summed E-state index contributed by atoms with van der Waals surface area (Å²) < 4.78 is 11.1. The van der Waals surface area contributed by atoms with E-state index in [1.807, 2.05) is 11.8 Å². The fourth-order valence-corrected chi connectivity index (χ4v) is 7.46. The third-order valence-electron chi connectivity index (χ3n) is 9.19. The average Bonchev–Trinajstić information content (AvgIpc) is 3.53. The second-order valence-electron chi connectivity index (χ2n) is 11.4. The summed E-state index contributed by atoms with van der Waals surface area (Å²) in [7, 11) is 0. The molecule has 200 valence electrons. The van der Waals surface area contributed by atoms with Gasteiger partial charge in [0, 0.05) is 31.8 Å². The Kier molecular flexibility index (Phi) is 9.35. The molecule has 6 atom stereocenters. The van der Waals surface area contributed by atoms with Gasteiger partial charge in [0.1, 0.15) is 0 Å². The van der Waals surface area contributed by atoms with E-state index in [2.05, 4.69) is 37.3 Å². The van der Waals surface area contributed by atoms with Crippen molar-refractivity contribution < 1.29 is 19.1 Å². The van der Waals surface area contributed by atoms with E-state index in [9.17, 15) is 9.59 Å². The predicted octanol–water partition coefficient (Wildman–Crippen LogP) is 7.84. The van der Waals surface area contributed by atoms with E-state index in [1.54, 1.807) is 6.92 Å². The third kappa shape index (κ3) is 5.75. The van der Waals surface area contributed by atoms with Gasteiger partial charge in [-0.15, -0.1) is 0 Å². The molecule has 0 heterocycles. The van der Waals surface area contributed by atoms with Crippen molar-refractivity contribution in [1.82, 2.24) is 4.90 Å². The molecule has 0 saturated heterocycles. The largest absolute Gasteiger partial charge is 0.425 e. The molecule has 6 unspecified atom stereocenters. The van der Waals surface area contributed by atoms with Gasteiger partial charge in [0.2, 0.25) is 6.29 Å². The molecular formula is C31H47NO4. The Hall–Kier alpha value is -2.04. The fraction of sp³-hybridized carbons (Fsp3) is 0.742. The van der Waals surface area contributed by atoms with Crippen LogP contribution >= 0.6 is 0 Å². The van der Waals surface area contributed by atoms with Crippen molar-refractivity contribution in [2.24, 2.45) is 17.3 Å². The topological polar surface area (TPSA) is 55.8 Å². The predicted molar refractivity (Wildman–Crippen MR) is 142 cm³/mol. The molecule has 5 nitrogen and oxygen atoms in total. The molecule has 36 heavy (non-hydrogen) atoms. The number of unbranched alkanes of at least 4 members (excludes halogenated alkanes) is 8. The highest BCUT2D eigenvalue weighted by Crippen LogP contribution is 2.81. The zero-order chi connectivity index (χ0) is 25.5. The maximum atomic E-state index is 13.2. The van der Waals surface area contributed by atoms with Crippen LogP contribution in [0.1, 0.15) is 116 Å². The number of carbonyl (C=O) groups is 2. The van der Waals surface area contributed by atoms with E-state index in [0.717, 1.165) is 18.8 Å². The molecule has 0 aromatic heterocycles. The van der Waals surface area contributed by atoms with E-state index in [4.69, 9.17) is 9.47 Å². The number of hydrogen-bond acceptors (Lipinski definition) is 4. The highest BCUT2D eigenvalue weighted by molar-refractivity contribution is 5.71. The quantitative estimate of drug-likeness (QED) is 0.141. The minimum absolute atomic E-state index is 0.169. The Morgan fingerprint density at radius 3 is 2.25 bits per heavy atom. The minimum Gasteiger partial charge on any atom is -0.425 e. The molecule has 5 heteroatoms. The van der Waals surface area contributed by atoms with Crippen LogP contribution in [0.4, 0.5) is 4.79 Å². The van der Waals surface area contributed by atoms with Crippen molar-refractivity contribution in [3.05, 3.63) is 35.9 Å². The maximum absolute atomic E-state index is 13.2. The third-order valence-corrected chi connectivity index (χ3v) is 9.19. The molecule has 0 aliphatic heterocycles. The van der Waals surface area contributed by atoms with Crippen molar-refractivity contribution in [3.8, 4) is 0 Å². The Balaban J connectivity index is 1.20. The summed E-state index contributed by atoms with van der Waals surface area (Å²) in [5.74, 6) is 1.49. The van der Waals surface area contributed by atoms with Crippen molar-refractivity contribution in [1.29, 1.82) is 0 Å². The van der Waals surface area contributed by atoms with Crippen LogP contribution < -0.4 is 0 Å². The van der Waals surface area contributed by atoms with Gasteiger partial charge in [-0.3, -0.25) is 4.79 Å². The van der Waals surface area contributed by atoms with Gasteiger partial charge in [0.05, 0.1) is 0 Å². The summed E-state index contributed by atoms with van der Waals surface area (Å²) >= 11 is 0. The number of rotatable bonds is 15. The Bertz CT molecular complexity index is 857. The van der Waals surface area contributed by atoms with Crippen LogP contribution in [-0.2, 0) is 14.3 Å². The van der Waals surface area contributed by atoms with Crippen LogP contribution in [0, 0.1) is 17.3 Å². The lowest BCUT2D eigenvalue weighted by Crippen LogP contribution is -2.60. The molecule has 1 amide bonds. The van der Waals surface area contributed by atoms with Crippen molar-refractivity contribution >= 4 is 12.1 Å². The molecule has 1 spiro atoms. The Morgan fingerprint density at radius 1 is 0.944 bits per heavy atom. The zero-order valence-electron chi connectivity index (χ0n) is 22.8. The molecular weight excluding hydrogens is 450 g/mol. The van der Waals surface area contributed by atoms with Crippen molar-refractivity contribution in [2.75, 3.05) is 6.54 Å². The first-order valence-corrected chi connectivity index (χ1v) is 14.7. The number of nitrogens with zero attached hydrogens (tertiary/aromatic N) is 1. The number of likely N-dealkylation sites (N-methyl/N-ethyl adjacent to an activating group) is 1. The Morgan fingerprint density at radius 2 is 1.61 bits per heavy atom. The van der Waals surface area contributed by atoms with Crippen molar-refractivity contribution in [3.63, 3.8) is 0 Å². The highest BCUT2D eigenvalue weighted by atomic mass is 16.7. The van der Waals surface area contributed by atoms with Crippen LogP contribution in [0.3, 0.4) is 0 Å². The number of esters is 1.